The predicted molar refractivity (Wildman–Crippen MR) is 104 cm³/mol. The van der Waals surface area contributed by atoms with Gasteiger partial charge in [0, 0.05) is 12.0 Å². The van der Waals surface area contributed by atoms with Gasteiger partial charge in [-0.1, -0.05) is 10.6 Å². The molecule has 0 radical (unpaired) electrons. The van der Waals surface area contributed by atoms with E-state index in [1.54, 1.807) is 0 Å². The summed E-state index contributed by atoms with van der Waals surface area (Å²) < 4.78 is 27.8. The van der Waals surface area contributed by atoms with Gasteiger partial charge in [-0.3, -0.25) is 4.79 Å². The van der Waals surface area contributed by atoms with Crippen molar-refractivity contribution in [3.05, 3.63) is 59.2 Å². The molecule has 2 rings (SSSR count). The molecular formula is C19H15N5O5S. The monoisotopic (exact) mass is 425 g/mol. The third-order valence-corrected chi connectivity index (χ3v) is 4.91. The first-order chi connectivity index (χ1) is 14.3. The van der Waals surface area contributed by atoms with E-state index in [4.69, 9.17) is 10.5 Å². The standard InChI is InChI=1S/C19H15N5O5S/c20-8-1-2-9-22-24-30(28,29)15-5-3-4-14(11-15)18(25)23-17-7-6-13(12-21)10-16(17)19(26)27/h3-7,10-11H,1-2,9H2,(H,23,25)(H,26,27). The molecule has 11 heteroatoms. The molecule has 0 aliphatic carbocycles. The maximum absolute atomic E-state index is 12.5. The number of carboxylic acid groups (broad SMARTS) is 1. The summed E-state index contributed by atoms with van der Waals surface area (Å²) >= 11 is 0. The van der Waals surface area contributed by atoms with Crippen LogP contribution in [0.2, 0.25) is 0 Å². The van der Waals surface area contributed by atoms with Gasteiger partial charge in [0.1, 0.15) is 0 Å². The van der Waals surface area contributed by atoms with Crippen molar-refractivity contribution in [2.45, 2.75) is 17.7 Å². The molecule has 0 aliphatic rings. The fourth-order valence-electron chi connectivity index (χ4n) is 2.28. The number of anilines is 1. The largest absolute Gasteiger partial charge is 0.478 e. The van der Waals surface area contributed by atoms with Gasteiger partial charge in [0.05, 0.1) is 40.4 Å². The van der Waals surface area contributed by atoms with Crippen molar-refractivity contribution in [3.63, 3.8) is 0 Å². The minimum atomic E-state index is -4.14. The third kappa shape index (κ3) is 5.70. The lowest BCUT2D eigenvalue weighted by atomic mass is 10.1. The Bertz CT molecular complexity index is 1190. The van der Waals surface area contributed by atoms with Crippen molar-refractivity contribution in [3.8, 4) is 12.1 Å². The fraction of sp³-hybridized carbons (Fsp3) is 0.158. The van der Waals surface area contributed by atoms with Crippen LogP contribution in [0.4, 0.5) is 5.69 Å². The number of rotatable bonds is 8. The van der Waals surface area contributed by atoms with Crippen LogP contribution < -0.4 is 5.32 Å². The molecule has 0 saturated heterocycles. The smallest absolute Gasteiger partial charge is 0.337 e. The molecule has 0 unspecified atom stereocenters. The summed E-state index contributed by atoms with van der Waals surface area (Å²) in [6.45, 7) is 0.0730. The SMILES string of the molecule is N#CCCCN=NS(=O)(=O)c1cccc(C(=O)Nc2ccc(C#N)cc2C(=O)O)c1. The van der Waals surface area contributed by atoms with E-state index in [1.807, 2.05) is 12.1 Å². The van der Waals surface area contributed by atoms with Crippen molar-refractivity contribution in [2.75, 3.05) is 11.9 Å². The molecule has 0 aliphatic heterocycles. The molecular weight excluding hydrogens is 410 g/mol. The molecule has 152 valence electrons. The summed E-state index contributed by atoms with van der Waals surface area (Å²) in [7, 11) is -4.14. The molecule has 0 fully saturated rings. The Morgan fingerprint density at radius 3 is 2.57 bits per heavy atom. The number of nitriles is 2. The van der Waals surface area contributed by atoms with E-state index in [9.17, 15) is 23.1 Å². The van der Waals surface area contributed by atoms with Crippen molar-refractivity contribution in [1.82, 2.24) is 0 Å². The molecule has 2 aromatic rings. The molecule has 0 aromatic heterocycles. The van der Waals surface area contributed by atoms with E-state index < -0.39 is 21.9 Å². The molecule has 0 atom stereocenters. The minimum absolute atomic E-state index is 0.0445. The highest BCUT2D eigenvalue weighted by Gasteiger charge is 2.18. The van der Waals surface area contributed by atoms with Crippen LogP contribution in [-0.4, -0.2) is 31.9 Å². The predicted octanol–water partition coefficient (Wildman–Crippen LogP) is 2.95. The van der Waals surface area contributed by atoms with Crippen molar-refractivity contribution < 1.29 is 23.1 Å². The van der Waals surface area contributed by atoms with Gasteiger partial charge in [-0.2, -0.15) is 24.1 Å². The van der Waals surface area contributed by atoms with Crippen molar-refractivity contribution in [1.29, 1.82) is 10.5 Å². The summed E-state index contributed by atoms with van der Waals surface area (Å²) in [5.74, 6) is -2.08. The van der Waals surface area contributed by atoms with Gasteiger partial charge in [0.15, 0.2) is 0 Å². The summed E-state index contributed by atoms with van der Waals surface area (Å²) in [6, 6.07) is 12.5. The molecule has 0 bridgehead atoms. The van der Waals surface area contributed by atoms with E-state index in [1.165, 1.54) is 30.3 Å². The maximum Gasteiger partial charge on any atom is 0.337 e. The number of nitrogens with one attached hydrogen (secondary N) is 1. The molecule has 30 heavy (non-hydrogen) atoms. The van der Waals surface area contributed by atoms with Gasteiger partial charge in [0.2, 0.25) is 0 Å². The van der Waals surface area contributed by atoms with E-state index >= 15 is 0 Å². The van der Waals surface area contributed by atoms with Crippen LogP contribution in [0.5, 0.6) is 0 Å². The zero-order chi connectivity index (χ0) is 22.1. The number of carbonyl (C=O) groups excluding carboxylic acids is 1. The van der Waals surface area contributed by atoms with Crippen LogP contribution in [0.25, 0.3) is 0 Å². The van der Waals surface area contributed by atoms with E-state index in [0.717, 1.165) is 12.1 Å². The van der Waals surface area contributed by atoms with Gasteiger partial charge >= 0.3 is 5.97 Å². The second-order valence-electron chi connectivity index (χ2n) is 5.84. The number of hydrogen-bond acceptors (Lipinski definition) is 7. The first-order valence-corrected chi connectivity index (χ1v) is 9.92. The fourth-order valence-corrected chi connectivity index (χ4v) is 3.14. The maximum atomic E-state index is 12.5. The molecule has 0 saturated carbocycles. The molecule has 2 N–H and O–H groups in total. The average molecular weight is 425 g/mol. The molecule has 0 spiro atoms. The summed E-state index contributed by atoms with van der Waals surface area (Å²) in [6.07, 6.45) is 0.594. The number of carboxylic acids is 1. The van der Waals surface area contributed by atoms with Gasteiger partial charge in [-0.15, -0.1) is 0 Å². The van der Waals surface area contributed by atoms with Gasteiger partial charge in [-0.05, 0) is 42.8 Å². The molecule has 2 aromatic carbocycles. The number of sulfonamides is 1. The number of carbonyl (C=O) groups is 2. The normalized spacial score (nSPS) is 10.9. The second kappa shape index (κ2) is 9.91. The van der Waals surface area contributed by atoms with Gasteiger partial charge in [0.25, 0.3) is 15.9 Å². The lowest BCUT2D eigenvalue weighted by Gasteiger charge is -2.09. The number of unbranched alkanes of at least 4 members (excludes halogenated alkanes) is 1. The number of benzene rings is 2. The Kier molecular flexibility index (Phi) is 7.33. The van der Waals surface area contributed by atoms with Crippen molar-refractivity contribution in [2.24, 2.45) is 9.63 Å². The Labute approximate surface area is 172 Å². The Balaban J connectivity index is 2.24. The number of hydrogen-bond donors (Lipinski definition) is 2. The molecule has 1 amide bonds. The van der Waals surface area contributed by atoms with Crippen LogP contribution in [0.15, 0.2) is 57.0 Å². The average Bonchev–Trinajstić information content (AvgIpc) is 2.73. The van der Waals surface area contributed by atoms with E-state index in [2.05, 4.69) is 15.0 Å². The van der Waals surface area contributed by atoms with Crippen molar-refractivity contribution >= 4 is 27.6 Å². The Morgan fingerprint density at radius 2 is 1.90 bits per heavy atom. The van der Waals surface area contributed by atoms with Crippen LogP contribution in [0.3, 0.4) is 0 Å². The molecule has 10 nitrogen and oxygen atoms in total. The van der Waals surface area contributed by atoms with Crippen LogP contribution in [0, 0.1) is 22.7 Å². The zero-order valence-corrected chi connectivity index (χ0v) is 16.3. The van der Waals surface area contributed by atoms with Gasteiger partial charge in [-0.25, -0.2) is 4.79 Å². The summed E-state index contributed by atoms with van der Waals surface area (Å²) in [5, 5.41) is 32.5. The minimum Gasteiger partial charge on any atom is -0.478 e. The Morgan fingerprint density at radius 1 is 1.13 bits per heavy atom. The second-order valence-corrected chi connectivity index (χ2v) is 7.43. The Hall–Kier alpha value is -4.09. The lowest BCUT2D eigenvalue weighted by Crippen LogP contribution is -2.15. The highest BCUT2D eigenvalue weighted by atomic mass is 32.2. The van der Waals surface area contributed by atoms with Gasteiger partial charge < -0.3 is 10.4 Å². The quantitative estimate of drug-likeness (QED) is 0.483. The van der Waals surface area contributed by atoms with Crippen LogP contribution in [0.1, 0.15) is 39.1 Å². The zero-order valence-electron chi connectivity index (χ0n) is 15.4. The van der Waals surface area contributed by atoms with E-state index in [-0.39, 0.29) is 40.2 Å². The summed E-state index contributed by atoms with van der Waals surface area (Å²) in [4.78, 5) is 23.6. The lowest BCUT2D eigenvalue weighted by molar-refractivity contribution is 0.0698. The number of aromatic carboxylic acids is 1. The number of amides is 1. The van der Waals surface area contributed by atoms with Crippen LogP contribution >= 0.6 is 0 Å². The van der Waals surface area contributed by atoms with Crippen LogP contribution in [-0.2, 0) is 10.0 Å². The first kappa shape index (κ1) is 22.2. The first-order valence-electron chi connectivity index (χ1n) is 8.48. The molecule has 0 heterocycles. The highest BCUT2D eigenvalue weighted by Crippen LogP contribution is 2.20. The topological polar surface area (TPSA) is 173 Å². The third-order valence-electron chi connectivity index (χ3n) is 3.73. The highest BCUT2D eigenvalue weighted by molar-refractivity contribution is 7.90. The number of nitrogens with zero attached hydrogens (tertiary/aromatic N) is 4. The summed E-state index contributed by atoms with van der Waals surface area (Å²) in [5.41, 5.74) is -0.260. The van der Waals surface area contributed by atoms with E-state index in [0.29, 0.717) is 6.42 Å².